The van der Waals surface area contributed by atoms with Gasteiger partial charge in [0, 0.05) is 24.2 Å². The van der Waals surface area contributed by atoms with E-state index in [1.165, 1.54) is 0 Å². The molecule has 2 saturated carbocycles. The van der Waals surface area contributed by atoms with Gasteiger partial charge >= 0.3 is 0 Å². The summed E-state index contributed by atoms with van der Waals surface area (Å²) in [5, 5.41) is 32.3. The molecule has 18 heteroatoms. The first-order valence-corrected chi connectivity index (χ1v) is 22.5. The number of fused-ring (bicyclic) bond motifs is 3. The lowest BCUT2D eigenvalue weighted by Crippen LogP contribution is -2.32. The fraction of sp³-hybridized carbons (Fsp3) is 0.390. The number of amides is 2. The van der Waals surface area contributed by atoms with Gasteiger partial charge < -0.3 is 5.73 Å². The summed E-state index contributed by atoms with van der Waals surface area (Å²) in [6.45, 7) is 12.2. The van der Waals surface area contributed by atoms with E-state index in [-0.39, 0.29) is 34.8 Å². The van der Waals surface area contributed by atoms with Gasteiger partial charge in [-0.3, -0.25) is 28.5 Å². The molecule has 0 atom stereocenters. The summed E-state index contributed by atoms with van der Waals surface area (Å²) < 4.78 is 5.62. The van der Waals surface area contributed by atoms with E-state index >= 15 is 0 Å². The third kappa shape index (κ3) is 10.5. The van der Waals surface area contributed by atoms with Gasteiger partial charge in [0.1, 0.15) is 23.2 Å². The van der Waals surface area contributed by atoms with Gasteiger partial charge in [0.05, 0.1) is 33.7 Å². The molecule has 59 heavy (non-hydrogen) atoms. The second-order valence-corrected chi connectivity index (χ2v) is 15.2. The van der Waals surface area contributed by atoms with Crippen molar-refractivity contribution in [1.82, 2.24) is 59.3 Å². The number of imide groups is 1. The summed E-state index contributed by atoms with van der Waals surface area (Å²) in [6.07, 6.45) is 9.43. The monoisotopic (exact) mass is 977 g/mol. The second kappa shape index (κ2) is 19.7. The summed E-state index contributed by atoms with van der Waals surface area (Å²) in [6, 6.07) is 19.1. The van der Waals surface area contributed by atoms with E-state index in [4.69, 9.17) is 10.8 Å². The fourth-order valence-corrected chi connectivity index (χ4v) is 6.09. The van der Waals surface area contributed by atoms with Gasteiger partial charge in [-0.1, -0.05) is 64.5 Å². The molecule has 310 valence electrons. The van der Waals surface area contributed by atoms with Crippen LogP contribution in [0.15, 0.2) is 79.3 Å². The minimum Gasteiger partial charge on any atom is -0.382 e. The van der Waals surface area contributed by atoms with Crippen LogP contribution in [-0.4, -0.2) is 81.8 Å². The molecule has 7 heterocycles. The van der Waals surface area contributed by atoms with Crippen molar-refractivity contribution in [2.75, 3.05) is 16.0 Å². The molecule has 0 spiro atoms. The van der Waals surface area contributed by atoms with E-state index in [1.807, 2.05) is 108 Å². The van der Waals surface area contributed by atoms with Crippen molar-refractivity contribution in [3.63, 3.8) is 0 Å². The van der Waals surface area contributed by atoms with Crippen molar-refractivity contribution in [2.24, 2.45) is 11.8 Å². The van der Waals surface area contributed by atoms with Crippen LogP contribution in [0.3, 0.4) is 0 Å². The molecule has 3 N–H and O–H groups in total. The van der Waals surface area contributed by atoms with Crippen LogP contribution in [0.4, 0.5) is 5.82 Å². The van der Waals surface area contributed by atoms with Crippen molar-refractivity contribution >= 4 is 78.9 Å². The summed E-state index contributed by atoms with van der Waals surface area (Å²) in [5.41, 5.74) is 9.16. The van der Waals surface area contributed by atoms with Crippen molar-refractivity contribution in [2.45, 2.75) is 78.1 Å². The van der Waals surface area contributed by atoms with Gasteiger partial charge in [0.25, 0.3) is 0 Å². The van der Waals surface area contributed by atoms with Gasteiger partial charge in [-0.25, -0.2) is 9.50 Å². The number of aromatic nitrogens is 11. The molecule has 7 aromatic rings. The summed E-state index contributed by atoms with van der Waals surface area (Å²) >= 11 is 5.10. The number of hydrogen-bond donors (Lipinski definition) is 2. The molecule has 2 aliphatic carbocycles. The minimum absolute atomic E-state index is 0.114. The Morgan fingerprint density at radius 1 is 0.729 bits per heavy atom. The van der Waals surface area contributed by atoms with Gasteiger partial charge in [-0.05, 0) is 107 Å². The molecule has 2 fully saturated rings. The van der Waals surface area contributed by atoms with Crippen LogP contribution in [0.1, 0.15) is 101 Å². The van der Waals surface area contributed by atoms with Gasteiger partial charge in [-0.2, -0.15) is 10.2 Å². The Balaban J connectivity index is 0.000000176. The summed E-state index contributed by atoms with van der Waals surface area (Å²) in [7, 11) is 0. The predicted molar refractivity (Wildman–Crippen MR) is 238 cm³/mol. The topological polar surface area (TPSA) is 206 Å². The molecule has 0 aliphatic heterocycles. The zero-order chi connectivity index (χ0) is 42.9. The smallest absolute Gasteiger partial charge is 0.237 e. The Morgan fingerprint density at radius 3 is 1.78 bits per heavy atom. The number of anilines is 1. The Kier molecular flexibility index (Phi) is 15.0. The molecule has 2 amide bonds. The Bertz CT molecular complexity index is 2520. The van der Waals surface area contributed by atoms with Crippen molar-refractivity contribution in [1.29, 1.82) is 0 Å². The van der Waals surface area contributed by atoms with Crippen LogP contribution in [0.25, 0.3) is 16.9 Å². The number of nitrogens with zero attached hydrogens (tertiary/aromatic N) is 11. The Labute approximate surface area is 364 Å². The molecule has 16 nitrogen and oxygen atoms in total. The zero-order valence-corrected chi connectivity index (χ0v) is 37.9. The molecule has 0 bridgehead atoms. The van der Waals surface area contributed by atoms with Crippen LogP contribution in [0.2, 0.25) is 0 Å². The number of carbonyl (C=O) groups excluding carboxylic acids is 3. The van der Waals surface area contributed by atoms with Crippen LogP contribution < -0.4 is 11.1 Å². The zero-order valence-electron chi connectivity index (χ0n) is 34.2. The lowest BCUT2D eigenvalue weighted by molar-refractivity contribution is -0.129. The number of hydrogen-bond acceptors (Lipinski definition) is 12. The minimum atomic E-state index is -0.458. The van der Waals surface area contributed by atoms with E-state index < -0.39 is 10.8 Å². The van der Waals surface area contributed by atoms with E-state index in [0.29, 0.717) is 17.2 Å². The summed E-state index contributed by atoms with van der Waals surface area (Å²) in [4.78, 5) is 40.1. The van der Waals surface area contributed by atoms with Crippen molar-refractivity contribution < 1.29 is 14.4 Å². The Morgan fingerprint density at radius 2 is 1.27 bits per heavy atom. The highest BCUT2D eigenvalue weighted by Gasteiger charge is 2.34. The number of ketones is 1. The first kappa shape index (κ1) is 44.9. The number of nitrogens with two attached hydrogens (primary N) is 1. The van der Waals surface area contributed by atoms with Gasteiger partial charge in [-0.15, -0.1) is 25.5 Å². The van der Waals surface area contributed by atoms with E-state index in [2.05, 4.69) is 93.3 Å². The Hall–Kier alpha value is -5.24. The number of pyridine rings is 2. The van der Waals surface area contributed by atoms with Crippen molar-refractivity contribution in [3.05, 3.63) is 108 Å². The fourth-order valence-electron chi connectivity index (χ4n) is 5.95. The maximum atomic E-state index is 12.3. The molecular formula is C41H49BrIN13O3. The SMILES string of the molecule is CC.CC(C)(c1ccc(N)nn1)c1nnc2ccccn12.CC(C)(c1ccc2nc(C(=O)C3CC3)cn2n1)c1nnc2ccccn12.CI.O=C(CBr)NC(=O)C1CC1. The summed E-state index contributed by atoms with van der Waals surface area (Å²) in [5.74, 6) is 2.06. The van der Waals surface area contributed by atoms with E-state index in [0.717, 1.165) is 60.0 Å². The molecule has 7 aromatic heterocycles. The van der Waals surface area contributed by atoms with Gasteiger partial charge in [0.15, 0.2) is 22.7 Å². The largest absolute Gasteiger partial charge is 0.382 e. The maximum Gasteiger partial charge on any atom is 0.237 e. The molecule has 0 radical (unpaired) electrons. The number of carbonyl (C=O) groups is 3. The number of nitrogen functional groups attached to an aromatic ring is 1. The van der Waals surface area contributed by atoms with Gasteiger partial charge in [0.2, 0.25) is 11.8 Å². The number of nitrogens with one attached hydrogen (secondary N) is 1. The maximum absolute atomic E-state index is 12.3. The third-order valence-electron chi connectivity index (χ3n) is 9.56. The number of halogens is 2. The lowest BCUT2D eigenvalue weighted by Gasteiger charge is -2.21. The predicted octanol–water partition coefficient (Wildman–Crippen LogP) is 6.63. The first-order chi connectivity index (χ1) is 28.4. The highest BCUT2D eigenvalue weighted by atomic mass is 127. The molecular weight excluding hydrogens is 929 g/mol. The van der Waals surface area contributed by atoms with Crippen molar-refractivity contribution in [3.8, 4) is 0 Å². The molecule has 0 saturated heterocycles. The highest BCUT2D eigenvalue weighted by molar-refractivity contribution is 14.1. The number of rotatable bonds is 8. The molecule has 0 aromatic carbocycles. The normalized spacial score (nSPS) is 13.4. The number of Topliss-reactive ketones (excluding diaryl/α,β-unsaturated/α-hetero) is 1. The van der Waals surface area contributed by atoms with Crippen LogP contribution in [0, 0.1) is 11.8 Å². The van der Waals surface area contributed by atoms with Crippen LogP contribution in [-0.2, 0) is 20.4 Å². The standard InChI is InChI=1S/C19H18N6O.C13H14N6.C6H8BrNO2.C2H6.CH3I/c1-19(2,18-22-21-16-5-3-4-10-24(16)18)14-8-9-15-20-13(11-25(15)23-14)17(26)12-6-7-12;1-13(2,9-6-7-10(14)16-15-9)12-18-17-11-5-3-4-8-19(11)12;7-3-5(9)8-6(10)4-1-2-4;2*1-2/h3-5,8-12H,6-7H2,1-2H3;3-8H,1-2H3,(H2,14,16);4H,1-3H2,(H,8,9,10);1-2H3;1H3. The van der Waals surface area contributed by atoms with Crippen LogP contribution in [0.5, 0.6) is 0 Å². The average molecular weight is 979 g/mol. The lowest BCUT2D eigenvalue weighted by atomic mass is 9.88. The highest BCUT2D eigenvalue weighted by Crippen LogP contribution is 2.33. The number of imidazole rings is 1. The second-order valence-electron chi connectivity index (χ2n) is 14.6. The quantitative estimate of drug-likeness (QED) is 0.0936. The average Bonchev–Trinajstić information content (AvgIpc) is 4.16. The first-order valence-electron chi connectivity index (χ1n) is 19.3. The number of alkyl halides is 2. The van der Waals surface area contributed by atoms with E-state index in [9.17, 15) is 14.4 Å². The molecule has 2 aliphatic rings. The molecule has 9 rings (SSSR count). The van der Waals surface area contributed by atoms with Crippen LogP contribution >= 0.6 is 38.5 Å². The third-order valence-corrected chi connectivity index (χ3v) is 10.1. The van der Waals surface area contributed by atoms with E-state index in [1.54, 1.807) is 16.8 Å². The molecule has 0 unspecified atom stereocenters.